The summed E-state index contributed by atoms with van der Waals surface area (Å²) >= 11 is 1.40. The Morgan fingerprint density at radius 1 is 1.53 bits per heavy atom. The minimum atomic E-state index is 0.101. The van der Waals surface area contributed by atoms with Gasteiger partial charge < -0.3 is 4.90 Å². The maximum atomic E-state index is 12.3. The van der Waals surface area contributed by atoms with Crippen molar-refractivity contribution >= 4 is 17.2 Å². The van der Waals surface area contributed by atoms with E-state index in [9.17, 15) is 4.79 Å². The Labute approximate surface area is 115 Å². The second-order valence-electron chi connectivity index (χ2n) is 4.92. The fraction of sp³-hybridized carbons (Fsp3) is 0.462. The lowest BCUT2D eigenvalue weighted by Crippen LogP contribution is -2.39. The van der Waals surface area contributed by atoms with Crippen molar-refractivity contribution in [3.63, 3.8) is 0 Å². The molecule has 6 heteroatoms. The van der Waals surface area contributed by atoms with Crippen LogP contribution in [0.3, 0.4) is 0 Å². The summed E-state index contributed by atoms with van der Waals surface area (Å²) in [6.45, 7) is 3.66. The van der Waals surface area contributed by atoms with Crippen molar-refractivity contribution in [2.24, 2.45) is 0 Å². The zero-order chi connectivity index (χ0) is 13.2. The third kappa shape index (κ3) is 2.40. The molecular weight excluding hydrogens is 260 g/mol. The molecule has 1 amide bonds. The molecule has 1 atom stereocenters. The fourth-order valence-corrected chi connectivity index (χ4v) is 3.23. The quantitative estimate of drug-likeness (QED) is 0.914. The van der Waals surface area contributed by atoms with Gasteiger partial charge in [0.05, 0.1) is 17.9 Å². The van der Waals surface area contributed by atoms with Gasteiger partial charge in [-0.3, -0.25) is 14.9 Å². The highest BCUT2D eigenvalue weighted by Crippen LogP contribution is 2.28. The van der Waals surface area contributed by atoms with Gasteiger partial charge in [-0.15, -0.1) is 11.3 Å². The summed E-state index contributed by atoms with van der Waals surface area (Å²) in [5.41, 5.74) is 4.05. The minimum absolute atomic E-state index is 0.101. The largest absolute Gasteiger partial charge is 0.337 e. The Bertz CT molecular complexity index is 563. The lowest BCUT2D eigenvalue weighted by molar-refractivity contribution is 0.0710. The van der Waals surface area contributed by atoms with Gasteiger partial charge in [0, 0.05) is 24.7 Å². The molecular formula is C13H16N4OS. The van der Waals surface area contributed by atoms with Gasteiger partial charge in [-0.05, 0) is 25.3 Å². The standard InChI is InChI=1S/C13H16N4OS/c1-9-5-15-16-12(9)10-3-2-4-17(7-10)13(18)11-6-14-8-19-11/h5-6,8,10H,2-4,7H2,1H3,(H,15,16). The van der Waals surface area contributed by atoms with Crippen molar-refractivity contribution in [2.45, 2.75) is 25.7 Å². The van der Waals surface area contributed by atoms with E-state index in [1.165, 1.54) is 22.6 Å². The van der Waals surface area contributed by atoms with E-state index in [4.69, 9.17) is 0 Å². The molecule has 0 radical (unpaired) electrons. The van der Waals surface area contributed by atoms with E-state index in [1.54, 1.807) is 11.7 Å². The second-order valence-corrected chi connectivity index (χ2v) is 5.81. The van der Waals surface area contributed by atoms with E-state index >= 15 is 0 Å². The van der Waals surface area contributed by atoms with Crippen molar-refractivity contribution in [3.8, 4) is 0 Å². The van der Waals surface area contributed by atoms with E-state index in [0.29, 0.717) is 5.92 Å². The molecule has 1 N–H and O–H groups in total. The molecule has 1 saturated heterocycles. The Morgan fingerprint density at radius 3 is 3.11 bits per heavy atom. The number of aromatic nitrogens is 3. The number of aryl methyl sites for hydroxylation is 1. The molecule has 2 aromatic rings. The van der Waals surface area contributed by atoms with Gasteiger partial charge in [-0.25, -0.2) is 0 Å². The predicted octanol–water partition coefficient (Wildman–Crippen LogP) is 2.19. The maximum absolute atomic E-state index is 12.3. The molecule has 3 heterocycles. The van der Waals surface area contributed by atoms with Crippen LogP contribution < -0.4 is 0 Å². The number of hydrogen-bond acceptors (Lipinski definition) is 4. The number of aromatic amines is 1. The topological polar surface area (TPSA) is 61.9 Å². The number of H-pyrrole nitrogens is 1. The van der Waals surface area contributed by atoms with Crippen molar-refractivity contribution in [2.75, 3.05) is 13.1 Å². The summed E-state index contributed by atoms with van der Waals surface area (Å²) in [5, 5.41) is 7.15. The van der Waals surface area contributed by atoms with Crippen LogP contribution in [-0.2, 0) is 0 Å². The molecule has 0 aliphatic carbocycles. The van der Waals surface area contributed by atoms with Gasteiger partial charge in [0.25, 0.3) is 5.91 Å². The first-order valence-corrected chi connectivity index (χ1v) is 7.31. The molecule has 3 rings (SSSR count). The van der Waals surface area contributed by atoms with Crippen LogP contribution in [0.4, 0.5) is 0 Å². The monoisotopic (exact) mass is 276 g/mol. The Morgan fingerprint density at radius 2 is 2.42 bits per heavy atom. The van der Waals surface area contributed by atoms with Gasteiger partial charge in [-0.2, -0.15) is 5.10 Å². The summed E-state index contributed by atoms with van der Waals surface area (Å²) in [7, 11) is 0. The number of hydrogen-bond donors (Lipinski definition) is 1. The highest BCUT2D eigenvalue weighted by Gasteiger charge is 2.27. The van der Waals surface area contributed by atoms with E-state index in [-0.39, 0.29) is 5.91 Å². The van der Waals surface area contributed by atoms with Gasteiger partial charge in [-0.1, -0.05) is 0 Å². The van der Waals surface area contributed by atoms with Crippen LogP contribution in [-0.4, -0.2) is 39.1 Å². The van der Waals surface area contributed by atoms with Gasteiger partial charge >= 0.3 is 0 Å². The zero-order valence-electron chi connectivity index (χ0n) is 10.8. The third-order valence-electron chi connectivity index (χ3n) is 3.63. The molecule has 2 aromatic heterocycles. The van der Waals surface area contributed by atoms with Gasteiger partial charge in [0.2, 0.25) is 0 Å². The number of carbonyl (C=O) groups is 1. The Balaban J connectivity index is 1.75. The number of nitrogens with one attached hydrogen (secondary N) is 1. The molecule has 0 saturated carbocycles. The number of carbonyl (C=O) groups excluding carboxylic acids is 1. The average Bonchev–Trinajstić information content (AvgIpc) is 3.09. The lowest BCUT2D eigenvalue weighted by atomic mass is 9.93. The van der Waals surface area contributed by atoms with Crippen LogP contribution in [0.1, 0.15) is 39.7 Å². The number of likely N-dealkylation sites (tertiary alicyclic amines) is 1. The molecule has 0 bridgehead atoms. The van der Waals surface area contributed by atoms with E-state index < -0.39 is 0 Å². The highest BCUT2D eigenvalue weighted by molar-refractivity contribution is 7.11. The number of rotatable bonds is 2. The summed E-state index contributed by atoms with van der Waals surface area (Å²) < 4.78 is 0. The molecule has 1 aliphatic rings. The van der Waals surface area contributed by atoms with Crippen LogP contribution >= 0.6 is 11.3 Å². The first-order chi connectivity index (χ1) is 9.25. The van der Waals surface area contributed by atoms with Crippen LogP contribution in [0.25, 0.3) is 0 Å². The first kappa shape index (κ1) is 12.3. The summed E-state index contributed by atoms with van der Waals surface area (Å²) in [5.74, 6) is 0.470. The molecule has 1 unspecified atom stereocenters. The molecule has 100 valence electrons. The molecule has 0 aromatic carbocycles. The SMILES string of the molecule is Cc1cn[nH]c1C1CCCN(C(=O)c2cncs2)C1. The Kier molecular flexibility index (Phi) is 3.33. The molecule has 5 nitrogen and oxygen atoms in total. The summed E-state index contributed by atoms with van der Waals surface area (Å²) in [4.78, 5) is 19.0. The lowest BCUT2D eigenvalue weighted by Gasteiger charge is -2.32. The first-order valence-electron chi connectivity index (χ1n) is 6.43. The number of thiazole rings is 1. The highest BCUT2D eigenvalue weighted by atomic mass is 32.1. The Hall–Kier alpha value is -1.69. The van der Waals surface area contributed by atoms with Gasteiger partial charge in [0.15, 0.2) is 0 Å². The van der Waals surface area contributed by atoms with Crippen molar-refractivity contribution < 1.29 is 4.79 Å². The smallest absolute Gasteiger partial charge is 0.265 e. The van der Waals surface area contributed by atoms with Crippen LogP contribution in [0.15, 0.2) is 17.9 Å². The summed E-state index contributed by atoms with van der Waals surface area (Å²) in [6.07, 6.45) is 5.64. The third-order valence-corrected chi connectivity index (χ3v) is 4.39. The maximum Gasteiger partial charge on any atom is 0.265 e. The van der Waals surface area contributed by atoms with Gasteiger partial charge in [0.1, 0.15) is 4.88 Å². The van der Waals surface area contributed by atoms with Crippen molar-refractivity contribution in [1.82, 2.24) is 20.1 Å². The summed E-state index contributed by atoms with van der Waals surface area (Å²) in [6, 6.07) is 0. The van der Waals surface area contributed by atoms with Crippen molar-refractivity contribution in [3.05, 3.63) is 34.0 Å². The molecule has 0 spiro atoms. The second kappa shape index (κ2) is 5.13. The number of piperidine rings is 1. The van der Waals surface area contributed by atoms with E-state index in [0.717, 1.165) is 30.8 Å². The van der Waals surface area contributed by atoms with E-state index in [2.05, 4.69) is 22.1 Å². The molecule has 19 heavy (non-hydrogen) atoms. The minimum Gasteiger partial charge on any atom is -0.337 e. The predicted molar refractivity (Wildman–Crippen MR) is 73.3 cm³/mol. The number of nitrogens with zero attached hydrogens (tertiary/aromatic N) is 3. The fourth-order valence-electron chi connectivity index (χ4n) is 2.64. The van der Waals surface area contributed by atoms with E-state index in [1.807, 2.05) is 11.1 Å². The molecule has 1 fully saturated rings. The number of amides is 1. The van der Waals surface area contributed by atoms with Crippen LogP contribution in [0.5, 0.6) is 0 Å². The zero-order valence-corrected chi connectivity index (χ0v) is 11.6. The van der Waals surface area contributed by atoms with Crippen molar-refractivity contribution in [1.29, 1.82) is 0 Å². The van der Waals surface area contributed by atoms with Crippen LogP contribution in [0.2, 0.25) is 0 Å². The normalized spacial score (nSPS) is 19.6. The average molecular weight is 276 g/mol. The van der Waals surface area contributed by atoms with Crippen LogP contribution in [0, 0.1) is 6.92 Å². The molecule has 1 aliphatic heterocycles.